The Balaban J connectivity index is 2.54. The van der Waals surface area contributed by atoms with Crippen molar-refractivity contribution in [3.63, 3.8) is 0 Å². The molecule has 19 heavy (non-hydrogen) atoms. The van der Waals surface area contributed by atoms with Gasteiger partial charge in [-0.25, -0.2) is 0 Å². The average molecular weight is 297 g/mol. The molecule has 1 atom stereocenters. The van der Waals surface area contributed by atoms with Crippen LogP contribution in [-0.4, -0.2) is 22.3 Å². The Labute approximate surface area is 123 Å². The third-order valence-corrected chi connectivity index (χ3v) is 3.82. The van der Waals surface area contributed by atoms with E-state index in [9.17, 15) is 4.79 Å². The second-order valence-electron chi connectivity index (χ2n) is 4.50. The number of carbonyl (C=O) groups is 1. The standard InChI is InChI=1S/C14H19NO2S2/c1-9(2)17-14(16)10(3)19-8-11-5-4-6-12(7-11)13(15)18/h4-7,9-10H,8H2,1-3H3,(H2,15,18). The largest absolute Gasteiger partial charge is 0.462 e. The lowest BCUT2D eigenvalue weighted by Crippen LogP contribution is -2.20. The number of thioether (sulfide) groups is 1. The van der Waals surface area contributed by atoms with Crippen molar-refractivity contribution in [3.05, 3.63) is 35.4 Å². The van der Waals surface area contributed by atoms with Crippen LogP contribution in [0.5, 0.6) is 0 Å². The van der Waals surface area contributed by atoms with Gasteiger partial charge in [-0.2, -0.15) is 0 Å². The molecular formula is C14H19NO2S2. The van der Waals surface area contributed by atoms with Gasteiger partial charge >= 0.3 is 5.97 Å². The lowest BCUT2D eigenvalue weighted by molar-refractivity contribution is -0.146. The third-order valence-electron chi connectivity index (χ3n) is 2.40. The number of nitrogens with two attached hydrogens (primary N) is 1. The summed E-state index contributed by atoms with van der Waals surface area (Å²) in [4.78, 5) is 12.1. The summed E-state index contributed by atoms with van der Waals surface area (Å²) in [5.41, 5.74) is 7.54. The van der Waals surface area contributed by atoms with Gasteiger partial charge in [-0.1, -0.05) is 30.4 Å². The summed E-state index contributed by atoms with van der Waals surface area (Å²) in [5, 5.41) is -0.184. The second-order valence-corrected chi connectivity index (χ2v) is 6.27. The highest BCUT2D eigenvalue weighted by Crippen LogP contribution is 2.20. The summed E-state index contributed by atoms with van der Waals surface area (Å²) in [6, 6.07) is 7.75. The van der Waals surface area contributed by atoms with Crippen LogP contribution in [0.3, 0.4) is 0 Å². The van der Waals surface area contributed by atoms with Gasteiger partial charge in [-0.3, -0.25) is 4.79 Å². The van der Waals surface area contributed by atoms with Crippen molar-refractivity contribution >= 4 is 34.9 Å². The number of esters is 1. The number of benzene rings is 1. The van der Waals surface area contributed by atoms with E-state index in [1.165, 1.54) is 0 Å². The molecule has 0 spiro atoms. The minimum absolute atomic E-state index is 0.0755. The Morgan fingerprint density at radius 3 is 2.68 bits per heavy atom. The predicted octanol–water partition coefficient (Wildman–Crippen LogP) is 2.89. The van der Waals surface area contributed by atoms with E-state index in [0.717, 1.165) is 16.9 Å². The van der Waals surface area contributed by atoms with Crippen LogP contribution >= 0.6 is 24.0 Å². The molecule has 1 aromatic carbocycles. The molecule has 0 fully saturated rings. The molecular weight excluding hydrogens is 278 g/mol. The van der Waals surface area contributed by atoms with Crippen LogP contribution in [0.4, 0.5) is 0 Å². The topological polar surface area (TPSA) is 52.3 Å². The summed E-state index contributed by atoms with van der Waals surface area (Å²) in [6.07, 6.45) is -0.0755. The lowest BCUT2D eigenvalue weighted by Gasteiger charge is -2.13. The van der Waals surface area contributed by atoms with Gasteiger partial charge in [-0.05, 0) is 32.4 Å². The Morgan fingerprint density at radius 2 is 2.11 bits per heavy atom. The molecule has 0 saturated heterocycles. The van der Waals surface area contributed by atoms with Crippen molar-refractivity contribution < 1.29 is 9.53 Å². The van der Waals surface area contributed by atoms with Crippen molar-refractivity contribution in [1.29, 1.82) is 0 Å². The SMILES string of the molecule is CC(C)OC(=O)C(C)SCc1cccc(C(N)=S)c1. The van der Waals surface area contributed by atoms with Gasteiger partial charge in [0.25, 0.3) is 0 Å². The van der Waals surface area contributed by atoms with Crippen LogP contribution in [-0.2, 0) is 15.3 Å². The number of rotatable bonds is 6. The Kier molecular flexibility index (Phi) is 6.31. The van der Waals surface area contributed by atoms with Crippen molar-refractivity contribution in [2.24, 2.45) is 5.73 Å². The van der Waals surface area contributed by atoms with E-state index >= 15 is 0 Å². The van der Waals surface area contributed by atoms with E-state index in [0.29, 0.717) is 4.99 Å². The van der Waals surface area contributed by atoms with Gasteiger partial charge < -0.3 is 10.5 Å². The van der Waals surface area contributed by atoms with E-state index < -0.39 is 0 Å². The quantitative estimate of drug-likeness (QED) is 0.646. The summed E-state index contributed by atoms with van der Waals surface area (Å²) in [7, 11) is 0. The monoisotopic (exact) mass is 297 g/mol. The molecule has 0 amide bonds. The van der Waals surface area contributed by atoms with Crippen LogP contribution in [0.1, 0.15) is 31.9 Å². The molecule has 2 N–H and O–H groups in total. The first-order valence-corrected chi connectivity index (χ1v) is 7.56. The third kappa shape index (κ3) is 5.61. The Hall–Kier alpha value is -1.07. The molecule has 1 unspecified atom stereocenters. The summed E-state index contributed by atoms with van der Waals surface area (Å²) < 4.78 is 5.16. The summed E-state index contributed by atoms with van der Waals surface area (Å²) in [5.74, 6) is 0.552. The van der Waals surface area contributed by atoms with Gasteiger partial charge in [0.15, 0.2) is 0 Å². The minimum atomic E-state index is -0.184. The van der Waals surface area contributed by atoms with Crippen molar-refractivity contribution in [1.82, 2.24) is 0 Å². The molecule has 1 rings (SSSR count). The zero-order valence-electron chi connectivity index (χ0n) is 11.4. The molecule has 0 aromatic heterocycles. The predicted molar refractivity (Wildman–Crippen MR) is 84.3 cm³/mol. The smallest absolute Gasteiger partial charge is 0.319 e. The van der Waals surface area contributed by atoms with Crippen molar-refractivity contribution in [2.75, 3.05) is 0 Å². The maximum Gasteiger partial charge on any atom is 0.319 e. The van der Waals surface area contributed by atoms with Crippen LogP contribution in [0.2, 0.25) is 0 Å². The highest BCUT2D eigenvalue weighted by Gasteiger charge is 2.16. The molecule has 3 nitrogen and oxygen atoms in total. The summed E-state index contributed by atoms with van der Waals surface area (Å²) >= 11 is 6.48. The van der Waals surface area contributed by atoms with Crippen LogP contribution in [0.25, 0.3) is 0 Å². The first-order valence-electron chi connectivity index (χ1n) is 6.11. The zero-order valence-corrected chi connectivity index (χ0v) is 13.0. The number of thiocarbonyl (C=S) groups is 1. The van der Waals surface area contributed by atoms with Gasteiger partial charge in [0.2, 0.25) is 0 Å². The fourth-order valence-electron chi connectivity index (χ4n) is 1.43. The summed E-state index contributed by atoms with van der Waals surface area (Å²) in [6.45, 7) is 5.55. The minimum Gasteiger partial charge on any atom is -0.462 e. The molecule has 104 valence electrons. The van der Waals surface area contributed by atoms with E-state index in [-0.39, 0.29) is 17.3 Å². The lowest BCUT2D eigenvalue weighted by atomic mass is 10.1. The van der Waals surface area contributed by atoms with Gasteiger partial charge in [0, 0.05) is 11.3 Å². The van der Waals surface area contributed by atoms with E-state index in [4.69, 9.17) is 22.7 Å². The number of ether oxygens (including phenoxy) is 1. The fraction of sp³-hybridized carbons (Fsp3) is 0.429. The average Bonchev–Trinajstić information content (AvgIpc) is 2.35. The molecule has 1 aromatic rings. The Morgan fingerprint density at radius 1 is 1.42 bits per heavy atom. The highest BCUT2D eigenvalue weighted by atomic mass is 32.2. The molecule has 0 bridgehead atoms. The highest BCUT2D eigenvalue weighted by molar-refractivity contribution is 7.99. The van der Waals surface area contributed by atoms with E-state index in [1.807, 2.05) is 45.0 Å². The molecule has 0 heterocycles. The molecule has 5 heteroatoms. The molecule has 0 aliphatic carbocycles. The normalized spacial score (nSPS) is 12.2. The van der Waals surface area contributed by atoms with Crippen molar-refractivity contribution in [2.45, 2.75) is 37.9 Å². The first kappa shape index (κ1) is 16.0. The number of hydrogen-bond acceptors (Lipinski definition) is 4. The molecule has 0 aliphatic rings. The second kappa shape index (κ2) is 7.50. The van der Waals surface area contributed by atoms with Gasteiger partial charge in [-0.15, -0.1) is 11.8 Å². The maximum absolute atomic E-state index is 11.7. The fourth-order valence-corrected chi connectivity index (χ4v) is 2.37. The number of carbonyl (C=O) groups excluding carboxylic acids is 1. The molecule has 0 saturated carbocycles. The maximum atomic E-state index is 11.7. The van der Waals surface area contributed by atoms with E-state index in [1.54, 1.807) is 11.8 Å². The zero-order chi connectivity index (χ0) is 14.4. The van der Waals surface area contributed by atoms with Crippen LogP contribution < -0.4 is 5.73 Å². The van der Waals surface area contributed by atoms with E-state index in [2.05, 4.69) is 0 Å². The molecule has 0 radical (unpaired) electrons. The first-order chi connectivity index (χ1) is 8.90. The van der Waals surface area contributed by atoms with Crippen LogP contribution in [0, 0.1) is 0 Å². The van der Waals surface area contributed by atoms with Crippen LogP contribution in [0.15, 0.2) is 24.3 Å². The Bertz CT molecular complexity index is 461. The molecule has 0 aliphatic heterocycles. The van der Waals surface area contributed by atoms with Gasteiger partial charge in [0.05, 0.1) is 11.4 Å². The van der Waals surface area contributed by atoms with Gasteiger partial charge in [0.1, 0.15) is 4.99 Å². The van der Waals surface area contributed by atoms with Crippen molar-refractivity contribution in [3.8, 4) is 0 Å². The number of hydrogen-bond donors (Lipinski definition) is 1.